The van der Waals surface area contributed by atoms with Gasteiger partial charge in [0.2, 0.25) is 5.88 Å². The van der Waals surface area contributed by atoms with Crippen LogP contribution in [0.25, 0.3) is 0 Å². The Kier molecular flexibility index (Phi) is 4.43. The molecule has 0 saturated carbocycles. The molecule has 0 spiro atoms. The fourth-order valence-corrected chi connectivity index (χ4v) is 3.22. The number of fused-ring (bicyclic) bond motifs is 1. The third kappa shape index (κ3) is 3.33. The summed E-state index contributed by atoms with van der Waals surface area (Å²) in [5, 5.41) is 0. The Balaban J connectivity index is 1.53. The number of pyridine rings is 1. The third-order valence-corrected chi connectivity index (χ3v) is 4.57. The summed E-state index contributed by atoms with van der Waals surface area (Å²) < 4.78 is 13.2. The molecule has 134 valence electrons. The third-order valence-electron chi connectivity index (χ3n) is 4.57. The van der Waals surface area contributed by atoms with Gasteiger partial charge in [0.1, 0.15) is 5.76 Å². The predicted molar refractivity (Wildman–Crippen MR) is 93.6 cm³/mol. The first kappa shape index (κ1) is 16.4. The summed E-state index contributed by atoms with van der Waals surface area (Å²) >= 11 is 0. The highest BCUT2D eigenvalue weighted by Crippen LogP contribution is 2.21. The van der Waals surface area contributed by atoms with Crippen molar-refractivity contribution in [2.24, 2.45) is 5.92 Å². The van der Waals surface area contributed by atoms with Crippen LogP contribution in [-0.2, 0) is 13.1 Å². The average molecular weight is 352 g/mol. The molecular formula is C19H20N4O3. The summed E-state index contributed by atoms with van der Waals surface area (Å²) in [5.41, 5.74) is 1.61. The van der Waals surface area contributed by atoms with Gasteiger partial charge in [0.25, 0.3) is 5.91 Å². The van der Waals surface area contributed by atoms with Crippen LogP contribution in [0, 0.1) is 12.8 Å². The van der Waals surface area contributed by atoms with Crippen molar-refractivity contribution in [1.82, 2.24) is 19.4 Å². The van der Waals surface area contributed by atoms with Gasteiger partial charge in [-0.2, -0.15) is 0 Å². The lowest BCUT2D eigenvalue weighted by atomic mass is 10.1. The van der Waals surface area contributed by atoms with Gasteiger partial charge in [-0.05, 0) is 19.1 Å². The minimum atomic E-state index is -0.0336. The van der Waals surface area contributed by atoms with Crippen molar-refractivity contribution >= 4 is 5.91 Å². The van der Waals surface area contributed by atoms with Gasteiger partial charge >= 0.3 is 0 Å². The molecule has 1 amide bonds. The minimum absolute atomic E-state index is 0.0336. The first-order valence-electron chi connectivity index (χ1n) is 8.57. The molecule has 7 nitrogen and oxygen atoms in total. The number of furan rings is 1. The van der Waals surface area contributed by atoms with Crippen LogP contribution in [0.4, 0.5) is 0 Å². The summed E-state index contributed by atoms with van der Waals surface area (Å²) in [5.74, 6) is 1.32. The van der Waals surface area contributed by atoms with Crippen molar-refractivity contribution in [3.63, 3.8) is 0 Å². The van der Waals surface area contributed by atoms with Gasteiger partial charge in [-0.25, -0.2) is 9.97 Å². The molecule has 0 radical (unpaired) electrons. The van der Waals surface area contributed by atoms with Crippen molar-refractivity contribution in [2.75, 3.05) is 13.2 Å². The Labute approximate surface area is 151 Å². The molecule has 1 aliphatic rings. The second kappa shape index (κ2) is 7.03. The fourth-order valence-electron chi connectivity index (χ4n) is 3.22. The zero-order valence-electron chi connectivity index (χ0n) is 14.5. The minimum Gasteiger partial charge on any atom is -0.477 e. The van der Waals surface area contributed by atoms with Crippen molar-refractivity contribution in [3.8, 4) is 5.88 Å². The first-order chi connectivity index (χ1) is 12.7. The van der Waals surface area contributed by atoms with E-state index in [9.17, 15) is 4.79 Å². The van der Waals surface area contributed by atoms with E-state index in [1.165, 1.54) is 0 Å². The van der Waals surface area contributed by atoms with Gasteiger partial charge in [-0.1, -0.05) is 6.07 Å². The van der Waals surface area contributed by atoms with Crippen LogP contribution in [0.1, 0.15) is 21.8 Å². The molecule has 1 atom stereocenters. The lowest BCUT2D eigenvalue weighted by molar-refractivity contribution is 0.0698. The van der Waals surface area contributed by atoms with Crippen LogP contribution < -0.4 is 4.74 Å². The quantitative estimate of drug-likeness (QED) is 0.721. The van der Waals surface area contributed by atoms with Gasteiger partial charge in [0.05, 0.1) is 37.0 Å². The molecule has 0 aliphatic carbocycles. The highest BCUT2D eigenvalue weighted by atomic mass is 16.5. The van der Waals surface area contributed by atoms with Crippen LogP contribution in [0.2, 0.25) is 0 Å². The topological polar surface area (TPSA) is 73.4 Å². The van der Waals surface area contributed by atoms with Gasteiger partial charge in [-0.3, -0.25) is 4.79 Å². The summed E-state index contributed by atoms with van der Waals surface area (Å²) in [6.07, 6.45) is 6.87. The monoisotopic (exact) mass is 352 g/mol. The number of nitrogens with zero attached hydrogens (tertiary/aromatic N) is 4. The fraction of sp³-hybridized carbons (Fsp3) is 0.316. The van der Waals surface area contributed by atoms with E-state index in [2.05, 4.69) is 14.5 Å². The van der Waals surface area contributed by atoms with E-state index in [1.807, 2.05) is 29.3 Å². The molecule has 3 aromatic heterocycles. The van der Waals surface area contributed by atoms with Gasteiger partial charge in [-0.15, -0.1) is 0 Å². The number of ether oxygens (including phenoxy) is 1. The van der Waals surface area contributed by atoms with Crippen molar-refractivity contribution in [2.45, 2.75) is 20.0 Å². The molecule has 26 heavy (non-hydrogen) atoms. The largest absolute Gasteiger partial charge is 0.477 e. The van der Waals surface area contributed by atoms with Crippen molar-refractivity contribution < 1.29 is 13.9 Å². The van der Waals surface area contributed by atoms with Crippen LogP contribution in [0.5, 0.6) is 5.88 Å². The number of aromatic nitrogens is 3. The molecular weight excluding hydrogens is 332 g/mol. The number of hydrogen-bond acceptors (Lipinski definition) is 5. The zero-order valence-corrected chi connectivity index (χ0v) is 14.5. The van der Waals surface area contributed by atoms with Crippen molar-refractivity contribution in [1.29, 1.82) is 0 Å². The summed E-state index contributed by atoms with van der Waals surface area (Å²) in [4.78, 5) is 23.2. The second-order valence-electron chi connectivity index (χ2n) is 6.46. The molecule has 7 heteroatoms. The van der Waals surface area contributed by atoms with Crippen LogP contribution in [-0.4, -0.2) is 38.5 Å². The lowest BCUT2D eigenvalue weighted by Gasteiger charge is -2.24. The number of hydrogen-bond donors (Lipinski definition) is 0. The lowest BCUT2D eigenvalue weighted by Crippen LogP contribution is -2.36. The molecule has 0 N–H and O–H groups in total. The van der Waals surface area contributed by atoms with E-state index < -0.39 is 0 Å². The Hall–Kier alpha value is -3.09. The zero-order chi connectivity index (χ0) is 17.9. The van der Waals surface area contributed by atoms with E-state index >= 15 is 0 Å². The van der Waals surface area contributed by atoms with Crippen LogP contribution in [0.15, 0.2) is 53.7 Å². The maximum absolute atomic E-state index is 13.0. The van der Waals surface area contributed by atoms with Crippen LogP contribution in [0.3, 0.4) is 0 Å². The van der Waals surface area contributed by atoms with E-state index in [4.69, 9.17) is 9.15 Å². The van der Waals surface area contributed by atoms with Crippen molar-refractivity contribution in [3.05, 3.63) is 66.3 Å². The molecule has 0 fully saturated rings. The summed E-state index contributed by atoms with van der Waals surface area (Å²) in [6, 6.07) is 7.29. The smallest absolute Gasteiger partial charge is 0.257 e. The van der Waals surface area contributed by atoms with E-state index in [-0.39, 0.29) is 11.8 Å². The first-order valence-corrected chi connectivity index (χ1v) is 8.57. The predicted octanol–water partition coefficient (Wildman–Crippen LogP) is 2.53. The van der Waals surface area contributed by atoms with E-state index in [0.29, 0.717) is 36.9 Å². The molecule has 1 aliphatic heterocycles. The average Bonchev–Trinajstić information content (AvgIpc) is 3.24. The number of rotatable bonds is 4. The van der Waals surface area contributed by atoms with E-state index in [0.717, 1.165) is 12.2 Å². The molecule has 0 bridgehead atoms. The number of carbonyl (C=O) groups is 1. The number of amides is 1. The van der Waals surface area contributed by atoms with Gasteiger partial charge in [0, 0.05) is 37.5 Å². The summed E-state index contributed by atoms with van der Waals surface area (Å²) in [6.45, 7) is 4.14. The van der Waals surface area contributed by atoms with Gasteiger partial charge in [0.15, 0.2) is 0 Å². The second-order valence-corrected chi connectivity index (χ2v) is 6.46. The maximum atomic E-state index is 13.0. The summed E-state index contributed by atoms with van der Waals surface area (Å²) in [7, 11) is 0. The maximum Gasteiger partial charge on any atom is 0.257 e. The standard InChI is InChI=1S/C19H20N4O3/c1-14-17(5-7-25-14)19(24)22-9-15(10-23-13-20-8-16(23)11-22)12-26-18-4-2-3-6-21-18/h2-8,13,15H,9-12H2,1H3/t15-/m0/s1. The SMILES string of the molecule is Cc1occc1C(=O)N1Cc2cncn2C[C@@H](COc2ccccn2)C1. The van der Waals surface area contributed by atoms with Gasteiger partial charge < -0.3 is 18.6 Å². The number of imidazole rings is 1. The Morgan fingerprint density at radius 2 is 2.27 bits per heavy atom. The number of carbonyl (C=O) groups excluding carboxylic acids is 1. The van der Waals surface area contributed by atoms with E-state index in [1.54, 1.807) is 31.8 Å². The highest BCUT2D eigenvalue weighted by Gasteiger charge is 2.27. The molecule has 3 aromatic rings. The highest BCUT2D eigenvalue weighted by molar-refractivity contribution is 5.95. The Morgan fingerprint density at radius 1 is 1.35 bits per heavy atom. The molecule has 0 aromatic carbocycles. The van der Waals surface area contributed by atoms with Crippen LogP contribution >= 0.6 is 0 Å². The Bertz CT molecular complexity index is 887. The Morgan fingerprint density at radius 3 is 3.04 bits per heavy atom. The number of aryl methyl sites for hydroxylation is 1. The molecule has 4 heterocycles. The molecule has 4 rings (SSSR count). The molecule has 0 saturated heterocycles. The molecule has 0 unspecified atom stereocenters. The normalized spacial score (nSPS) is 16.8.